The van der Waals surface area contributed by atoms with Gasteiger partial charge in [0.05, 0.1) is 14.2 Å². The van der Waals surface area contributed by atoms with E-state index in [0.29, 0.717) is 12.0 Å². The van der Waals surface area contributed by atoms with Gasteiger partial charge in [0.25, 0.3) is 0 Å². The van der Waals surface area contributed by atoms with Crippen molar-refractivity contribution in [2.24, 2.45) is 11.7 Å². The predicted molar refractivity (Wildman–Crippen MR) is 76.8 cm³/mol. The summed E-state index contributed by atoms with van der Waals surface area (Å²) in [6.45, 7) is 3.82. The predicted octanol–water partition coefficient (Wildman–Crippen LogP) is 1.96. The highest BCUT2D eigenvalue weighted by Crippen LogP contribution is 2.43. The molecular formula is C15H24N2O2. The van der Waals surface area contributed by atoms with E-state index in [4.69, 9.17) is 15.2 Å². The zero-order valence-corrected chi connectivity index (χ0v) is 12.3. The molecule has 1 heterocycles. The van der Waals surface area contributed by atoms with Gasteiger partial charge in [-0.2, -0.15) is 0 Å². The molecule has 0 bridgehead atoms. The Bertz CT molecular complexity index is 448. The molecule has 1 fully saturated rings. The molecule has 4 nitrogen and oxygen atoms in total. The van der Waals surface area contributed by atoms with Crippen LogP contribution in [0.4, 0.5) is 0 Å². The summed E-state index contributed by atoms with van der Waals surface area (Å²) in [6.07, 6.45) is 1.08. The molecular weight excluding hydrogens is 240 g/mol. The van der Waals surface area contributed by atoms with Gasteiger partial charge < -0.3 is 15.2 Å². The summed E-state index contributed by atoms with van der Waals surface area (Å²) >= 11 is 0. The molecule has 0 radical (unpaired) electrons. The highest BCUT2D eigenvalue weighted by atomic mass is 16.5. The van der Waals surface area contributed by atoms with E-state index >= 15 is 0 Å². The van der Waals surface area contributed by atoms with Crippen molar-refractivity contribution in [3.05, 3.63) is 23.3 Å². The second-order valence-corrected chi connectivity index (χ2v) is 5.33. The van der Waals surface area contributed by atoms with Crippen LogP contribution in [0.25, 0.3) is 0 Å². The third-order valence-corrected chi connectivity index (χ3v) is 4.07. The minimum Gasteiger partial charge on any atom is -0.493 e. The minimum absolute atomic E-state index is 0.359. The molecule has 2 atom stereocenters. The number of nitrogens with two attached hydrogens (primary N) is 1. The van der Waals surface area contributed by atoms with Gasteiger partial charge in [0.1, 0.15) is 0 Å². The number of rotatable bonds is 4. The Balaban J connectivity index is 2.40. The monoisotopic (exact) mass is 264 g/mol. The van der Waals surface area contributed by atoms with Crippen LogP contribution in [-0.4, -0.2) is 39.3 Å². The van der Waals surface area contributed by atoms with Gasteiger partial charge in [-0.1, -0.05) is 12.1 Å². The van der Waals surface area contributed by atoms with Crippen LogP contribution < -0.4 is 15.2 Å². The largest absolute Gasteiger partial charge is 0.493 e. The lowest BCUT2D eigenvalue weighted by molar-refractivity contribution is 0.295. The smallest absolute Gasteiger partial charge is 0.165 e. The lowest BCUT2D eigenvalue weighted by atomic mass is 9.97. The average Bonchev–Trinajstić information content (AvgIpc) is 2.79. The van der Waals surface area contributed by atoms with E-state index in [1.807, 2.05) is 6.92 Å². The van der Waals surface area contributed by atoms with Gasteiger partial charge in [-0.05, 0) is 38.4 Å². The molecule has 2 N–H and O–H groups in total. The maximum Gasteiger partial charge on any atom is 0.165 e. The van der Waals surface area contributed by atoms with Crippen molar-refractivity contribution in [2.45, 2.75) is 19.4 Å². The van der Waals surface area contributed by atoms with Crippen molar-refractivity contribution in [1.82, 2.24) is 4.90 Å². The summed E-state index contributed by atoms with van der Waals surface area (Å²) in [5.41, 5.74) is 8.10. The number of benzene rings is 1. The van der Waals surface area contributed by atoms with Gasteiger partial charge in [0.2, 0.25) is 0 Å². The Morgan fingerprint density at radius 2 is 1.95 bits per heavy atom. The Morgan fingerprint density at radius 3 is 2.47 bits per heavy atom. The molecule has 4 heteroatoms. The van der Waals surface area contributed by atoms with Crippen molar-refractivity contribution in [3.63, 3.8) is 0 Å². The van der Waals surface area contributed by atoms with Gasteiger partial charge >= 0.3 is 0 Å². The van der Waals surface area contributed by atoms with E-state index in [0.717, 1.165) is 36.6 Å². The molecule has 106 valence electrons. The quantitative estimate of drug-likeness (QED) is 0.903. The third kappa shape index (κ3) is 2.55. The Labute approximate surface area is 115 Å². The lowest BCUT2D eigenvalue weighted by Gasteiger charge is -2.23. The Kier molecular flexibility index (Phi) is 4.32. The summed E-state index contributed by atoms with van der Waals surface area (Å²) in [7, 11) is 5.54. The van der Waals surface area contributed by atoms with Crippen molar-refractivity contribution in [3.8, 4) is 11.5 Å². The van der Waals surface area contributed by atoms with Crippen LogP contribution in [0.3, 0.4) is 0 Å². The Morgan fingerprint density at radius 1 is 1.26 bits per heavy atom. The van der Waals surface area contributed by atoms with E-state index in [9.17, 15) is 0 Å². The maximum atomic E-state index is 5.80. The summed E-state index contributed by atoms with van der Waals surface area (Å²) in [6, 6.07) is 4.61. The lowest BCUT2D eigenvalue weighted by Crippen LogP contribution is -2.21. The summed E-state index contributed by atoms with van der Waals surface area (Å²) in [5.74, 6) is 2.26. The first-order chi connectivity index (χ1) is 9.12. The van der Waals surface area contributed by atoms with Crippen LogP contribution in [0, 0.1) is 12.8 Å². The van der Waals surface area contributed by atoms with E-state index in [-0.39, 0.29) is 0 Å². The van der Waals surface area contributed by atoms with Crippen LogP contribution in [0.1, 0.15) is 23.6 Å². The fourth-order valence-corrected chi connectivity index (χ4v) is 3.04. The molecule has 2 rings (SSSR count). The minimum atomic E-state index is 0.359. The average molecular weight is 264 g/mol. The zero-order valence-electron chi connectivity index (χ0n) is 12.3. The fourth-order valence-electron chi connectivity index (χ4n) is 3.04. The van der Waals surface area contributed by atoms with Crippen molar-refractivity contribution < 1.29 is 9.47 Å². The number of aryl methyl sites for hydroxylation is 1. The van der Waals surface area contributed by atoms with Crippen LogP contribution in [0.5, 0.6) is 11.5 Å². The first-order valence-electron chi connectivity index (χ1n) is 6.74. The first kappa shape index (κ1) is 14.2. The summed E-state index contributed by atoms with van der Waals surface area (Å²) in [4.78, 5) is 2.35. The van der Waals surface area contributed by atoms with E-state index in [1.165, 1.54) is 5.56 Å². The number of methoxy groups -OCH3 is 2. The maximum absolute atomic E-state index is 5.80. The molecule has 1 aromatic carbocycles. The second-order valence-electron chi connectivity index (χ2n) is 5.33. The van der Waals surface area contributed by atoms with Crippen LogP contribution in [-0.2, 0) is 0 Å². The molecule has 0 saturated carbocycles. The second kappa shape index (κ2) is 5.80. The van der Waals surface area contributed by atoms with Crippen LogP contribution in [0.2, 0.25) is 0 Å². The van der Waals surface area contributed by atoms with E-state index in [2.05, 4.69) is 24.1 Å². The van der Waals surface area contributed by atoms with Crippen molar-refractivity contribution in [2.75, 3.05) is 34.4 Å². The topological polar surface area (TPSA) is 47.7 Å². The van der Waals surface area contributed by atoms with Gasteiger partial charge in [-0.15, -0.1) is 0 Å². The molecule has 0 aliphatic carbocycles. The van der Waals surface area contributed by atoms with E-state index in [1.54, 1.807) is 14.2 Å². The number of ether oxygens (including phenoxy) is 2. The molecule has 2 unspecified atom stereocenters. The van der Waals surface area contributed by atoms with Gasteiger partial charge in [-0.25, -0.2) is 0 Å². The van der Waals surface area contributed by atoms with Gasteiger partial charge in [0.15, 0.2) is 11.5 Å². The standard InChI is InChI=1S/C15H24N2O2/c1-10-5-6-12(15(19-4)14(10)18-3)13-7-11(8-16)9-17(13)2/h5-6,11,13H,7-9,16H2,1-4H3. The number of nitrogens with zero attached hydrogens (tertiary/aromatic N) is 1. The molecule has 1 aliphatic rings. The van der Waals surface area contributed by atoms with Crippen molar-refractivity contribution >= 4 is 0 Å². The number of hydrogen-bond donors (Lipinski definition) is 1. The SMILES string of the molecule is COc1c(C)ccc(C2CC(CN)CN2C)c1OC. The number of hydrogen-bond acceptors (Lipinski definition) is 4. The molecule has 1 aliphatic heterocycles. The Hall–Kier alpha value is -1.26. The molecule has 0 aromatic heterocycles. The van der Waals surface area contributed by atoms with Gasteiger partial charge in [-0.3, -0.25) is 4.90 Å². The highest BCUT2D eigenvalue weighted by molar-refractivity contribution is 5.52. The van der Waals surface area contributed by atoms with Gasteiger partial charge in [0, 0.05) is 18.2 Å². The molecule has 1 aromatic rings. The molecule has 0 spiro atoms. The first-order valence-corrected chi connectivity index (χ1v) is 6.74. The molecule has 19 heavy (non-hydrogen) atoms. The third-order valence-electron chi connectivity index (χ3n) is 4.07. The van der Waals surface area contributed by atoms with E-state index < -0.39 is 0 Å². The zero-order chi connectivity index (χ0) is 14.0. The summed E-state index contributed by atoms with van der Waals surface area (Å²) < 4.78 is 11.1. The summed E-state index contributed by atoms with van der Waals surface area (Å²) in [5, 5.41) is 0. The molecule has 1 saturated heterocycles. The highest BCUT2D eigenvalue weighted by Gasteiger charge is 2.32. The fraction of sp³-hybridized carbons (Fsp3) is 0.600. The van der Waals surface area contributed by atoms with Crippen LogP contribution >= 0.6 is 0 Å². The molecule has 0 amide bonds. The van der Waals surface area contributed by atoms with Crippen molar-refractivity contribution in [1.29, 1.82) is 0 Å². The normalized spacial score (nSPS) is 23.6. The number of likely N-dealkylation sites (tertiary alicyclic amines) is 1. The van der Waals surface area contributed by atoms with Crippen LogP contribution in [0.15, 0.2) is 12.1 Å².